The van der Waals surface area contributed by atoms with Crippen molar-refractivity contribution in [1.82, 2.24) is 28.9 Å². The van der Waals surface area contributed by atoms with Crippen LogP contribution in [0.1, 0.15) is 5.82 Å². The molecule has 5 rings (SSSR count). The fraction of sp³-hybridized carbons (Fsp3) is 0.200. The first-order valence-electron chi connectivity index (χ1n) is 11.0. The van der Waals surface area contributed by atoms with Crippen LogP contribution in [-0.2, 0) is 25.7 Å². The molecule has 3 amide bonds. The van der Waals surface area contributed by atoms with Gasteiger partial charge in [-0.05, 0) is 11.5 Å². The second-order valence-electron chi connectivity index (χ2n) is 8.04. The Balaban J connectivity index is 1.30. The Hall–Kier alpha value is -4.14. The number of rotatable bonds is 9. The van der Waals surface area contributed by atoms with Gasteiger partial charge in [0.25, 0.3) is 17.7 Å². The van der Waals surface area contributed by atoms with Crippen molar-refractivity contribution in [1.29, 1.82) is 0 Å². The summed E-state index contributed by atoms with van der Waals surface area (Å²) in [7, 11) is 0. The Morgan fingerprint density at radius 1 is 1.25 bits per heavy atom. The van der Waals surface area contributed by atoms with Crippen LogP contribution in [-0.4, -0.2) is 75.4 Å². The fourth-order valence-electron chi connectivity index (χ4n) is 3.76. The average Bonchev–Trinajstić information content (AvgIpc) is 3.56. The number of carboxylic acid groups (broad SMARTS) is 1. The number of aromatic nitrogens is 5. The van der Waals surface area contributed by atoms with Crippen LogP contribution in [0.3, 0.4) is 0 Å². The van der Waals surface area contributed by atoms with Crippen LogP contribution in [0.5, 0.6) is 0 Å². The van der Waals surface area contributed by atoms with Crippen LogP contribution >= 0.6 is 46.6 Å². The molecule has 3 aromatic heterocycles. The lowest BCUT2D eigenvalue weighted by atomic mass is 10.0. The van der Waals surface area contributed by atoms with Crippen molar-refractivity contribution in [3.63, 3.8) is 0 Å². The first kappa shape index (κ1) is 27.4. The predicted octanol–water partition coefficient (Wildman–Crippen LogP) is -2.26. The van der Waals surface area contributed by atoms with Gasteiger partial charge in [-0.15, -0.1) is 11.8 Å². The van der Waals surface area contributed by atoms with Gasteiger partial charge in [0.15, 0.2) is 27.7 Å². The zero-order valence-electron chi connectivity index (χ0n) is 19.8. The lowest BCUT2D eigenvalue weighted by molar-refractivity contribution is -0.684. The highest BCUT2D eigenvalue weighted by Gasteiger charge is 2.53. The van der Waals surface area contributed by atoms with Crippen LogP contribution in [0, 0.1) is 0 Å². The number of anilines is 1. The number of carbonyl (C=O) groups is 4. The molecule has 1 saturated heterocycles. The Bertz CT molecular complexity index is 1590. The minimum absolute atomic E-state index is 0.0266. The second-order valence-corrected chi connectivity index (χ2v) is 12.0. The molecular formula is C20H16N10O6S4. The molecule has 1 fully saturated rings. The van der Waals surface area contributed by atoms with Crippen molar-refractivity contribution in [2.45, 2.75) is 22.3 Å². The van der Waals surface area contributed by atoms with Crippen molar-refractivity contribution in [2.24, 2.45) is 10.9 Å². The molecule has 40 heavy (non-hydrogen) atoms. The van der Waals surface area contributed by atoms with E-state index in [4.69, 9.17) is 11.5 Å². The van der Waals surface area contributed by atoms with Crippen LogP contribution in [0.2, 0.25) is 0 Å². The van der Waals surface area contributed by atoms with Crippen molar-refractivity contribution in [3.05, 3.63) is 41.0 Å². The summed E-state index contributed by atoms with van der Waals surface area (Å²) in [6.07, 6.45) is 3.32. The molecule has 206 valence electrons. The van der Waals surface area contributed by atoms with Gasteiger partial charge >= 0.3 is 0 Å². The third-order valence-corrected chi connectivity index (χ3v) is 9.33. The monoisotopic (exact) mass is 620 g/mol. The minimum atomic E-state index is -1.56. The summed E-state index contributed by atoms with van der Waals surface area (Å²) in [5, 5.41) is 26.0. The summed E-state index contributed by atoms with van der Waals surface area (Å²) >= 11 is 4.12. The quantitative estimate of drug-likeness (QED) is 0.0649. The molecule has 3 aromatic rings. The smallest absolute Gasteiger partial charge is 0.283 e. The number of fused-ring (bicyclic) bond motifs is 1. The topological polar surface area (TPSA) is 247 Å². The normalized spacial score (nSPS) is 18.8. The Kier molecular flexibility index (Phi) is 7.65. The number of aliphatic carboxylic acids is 1. The number of oxime groups is 1. The predicted molar refractivity (Wildman–Crippen MR) is 140 cm³/mol. The Morgan fingerprint density at radius 2 is 2.00 bits per heavy atom. The van der Waals surface area contributed by atoms with Gasteiger partial charge in [0.1, 0.15) is 11.4 Å². The average molecular weight is 621 g/mol. The molecule has 1 unspecified atom stereocenters. The molecule has 0 aliphatic carbocycles. The highest BCUT2D eigenvalue weighted by molar-refractivity contribution is 8.07. The third kappa shape index (κ3) is 5.33. The zero-order valence-corrected chi connectivity index (χ0v) is 23.1. The molecule has 0 aromatic carbocycles. The number of β-lactam (4-membered cyclic amide) rings is 1. The molecule has 2 aliphatic heterocycles. The summed E-state index contributed by atoms with van der Waals surface area (Å²) in [5.74, 6) is -3.28. The molecule has 0 radical (unpaired) electrons. The Labute approximate surface area is 240 Å². The fourth-order valence-corrected chi connectivity index (χ4v) is 7.45. The van der Waals surface area contributed by atoms with E-state index < -0.39 is 40.8 Å². The summed E-state index contributed by atoms with van der Waals surface area (Å²) < 4.78 is 10.2. The molecule has 0 bridgehead atoms. The highest BCUT2D eigenvalue weighted by Crippen LogP contribution is 2.45. The van der Waals surface area contributed by atoms with Crippen LogP contribution in [0.15, 0.2) is 44.6 Å². The van der Waals surface area contributed by atoms with E-state index in [0.29, 0.717) is 20.6 Å². The SMILES string of the molecule is NC(=O)C[n+]1ccc(-c2nsc(SC3=C(C(=O)[O-])N4C(=O)[C@@H](NC(=O)/C(=N/O)c5nsc(N)n5)C4SC3)n2)cc1. The number of nitrogens with one attached hydrogen (secondary N) is 1. The minimum Gasteiger partial charge on any atom is -0.543 e. The van der Waals surface area contributed by atoms with Gasteiger partial charge in [-0.1, -0.05) is 16.9 Å². The van der Waals surface area contributed by atoms with Crippen molar-refractivity contribution in [3.8, 4) is 11.4 Å². The van der Waals surface area contributed by atoms with Gasteiger partial charge in [0, 0.05) is 39.9 Å². The number of nitrogens with two attached hydrogens (primary N) is 2. The standard InChI is InChI=1S/C20H16N10O6S4/c21-9(31)5-29-3-1-7(2-4-29)13-25-20(40-27-13)38-8-6-37-17-11(16(33)30(17)12(8)18(34)35)23-15(32)10(26-36)14-24-19(22)39-28-14/h1-4,11,17H,5-6H2,(H6-,21,22,23,24,28,31,32,34,35,36)/t11-,17?/m1/s1. The van der Waals surface area contributed by atoms with Crippen LogP contribution in [0.25, 0.3) is 11.4 Å². The van der Waals surface area contributed by atoms with Crippen LogP contribution in [0.4, 0.5) is 5.13 Å². The number of hydrogen-bond acceptors (Lipinski definition) is 16. The van der Waals surface area contributed by atoms with E-state index in [0.717, 1.165) is 39.7 Å². The third-order valence-electron chi connectivity index (χ3n) is 5.49. The largest absolute Gasteiger partial charge is 0.543 e. The van der Waals surface area contributed by atoms with Gasteiger partial charge in [0.05, 0.1) is 11.7 Å². The molecule has 2 atom stereocenters. The molecule has 20 heteroatoms. The molecule has 2 aliphatic rings. The Morgan fingerprint density at radius 3 is 2.62 bits per heavy atom. The van der Waals surface area contributed by atoms with Crippen molar-refractivity contribution >= 4 is 81.1 Å². The van der Waals surface area contributed by atoms with Gasteiger partial charge < -0.3 is 31.9 Å². The van der Waals surface area contributed by atoms with E-state index in [9.17, 15) is 29.5 Å². The number of primary amides is 1. The number of amides is 3. The number of nitrogen functional groups attached to an aromatic ring is 1. The van der Waals surface area contributed by atoms with Gasteiger partial charge in [0.2, 0.25) is 18.1 Å². The second kappa shape index (κ2) is 11.2. The molecule has 0 saturated carbocycles. The number of thioether (sulfide) groups is 2. The highest BCUT2D eigenvalue weighted by atomic mass is 32.2. The van der Waals surface area contributed by atoms with Crippen molar-refractivity contribution < 1.29 is 34.1 Å². The molecule has 6 N–H and O–H groups in total. The van der Waals surface area contributed by atoms with E-state index in [-0.39, 0.29) is 29.0 Å². The maximum absolute atomic E-state index is 12.9. The number of hydrogen-bond donors (Lipinski definition) is 4. The zero-order chi connectivity index (χ0) is 28.6. The number of pyridine rings is 1. The van der Waals surface area contributed by atoms with Gasteiger partial charge in [-0.2, -0.15) is 18.3 Å². The number of carbonyl (C=O) groups excluding carboxylic acids is 4. The molecule has 0 spiro atoms. The first-order valence-corrected chi connectivity index (χ1v) is 14.4. The van der Waals surface area contributed by atoms with E-state index in [1.165, 1.54) is 11.8 Å². The van der Waals surface area contributed by atoms with E-state index in [1.54, 1.807) is 29.1 Å². The number of nitrogens with zero attached hydrogens (tertiary/aromatic N) is 7. The number of carboxylic acids is 1. The van der Waals surface area contributed by atoms with Crippen molar-refractivity contribution in [2.75, 3.05) is 11.5 Å². The molecular weight excluding hydrogens is 605 g/mol. The van der Waals surface area contributed by atoms with Crippen LogP contribution < -0.4 is 26.5 Å². The van der Waals surface area contributed by atoms with Gasteiger partial charge in [-0.3, -0.25) is 19.3 Å². The maximum Gasteiger partial charge on any atom is 0.283 e. The lowest BCUT2D eigenvalue weighted by Crippen LogP contribution is -2.71. The summed E-state index contributed by atoms with van der Waals surface area (Å²) in [6, 6.07) is 2.34. The summed E-state index contributed by atoms with van der Waals surface area (Å²) in [6.45, 7) is 0.0266. The molecule has 16 nitrogen and oxygen atoms in total. The van der Waals surface area contributed by atoms with E-state index >= 15 is 0 Å². The molecule has 5 heterocycles. The summed E-state index contributed by atoms with van der Waals surface area (Å²) in [4.78, 5) is 58.3. The summed E-state index contributed by atoms with van der Waals surface area (Å²) in [5.41, 5.74) is 10.5. The first-order chi connectivity index (χ1) is 19.2. The lowest BCUT2D eigenvalue weighted by Gasteiger charge is -2.50. The van der Waals surface area contributed by atoms with Gasteiger partial charge in [-0.25, -0.2) is 4.98 Å². The van der Waals surface area contributed by atoms with E-state index in [1.807, 2.05) is 0 Å². The van der Waals surface area contributed by atoms with E-state index in [2.05, 4.69) is 29.2 Å². The maximum atomic E-state index is 12.9.